The number of Topliss-reactive ketones (excluding diaryl/α,β-unsaturated/α-hetero) is 1. The molecule has 6 rings (SSSR count). The van der Waals surface area contributed by atoms with E-state index in [4.69, 9.17) is 18.9 Å². The lowest BCUT2D eigenvalue weighted by Gasteiger charge is -2.24. The lowest BCUT2D eigenvalue weighted by molar-refractivity contribution is -0.132. The van der Waals surface area contributed by atoms with E-state index >= 15 is 0 Å². The predicted molar refractivity (Wildman–Crippen MR) is 176 cm³/mol. The van der Waals surface area contributed by atoms with Crippen LogP contribution >= 0.6 is 23.1 Å². The van der Waals surface area contributed by atoms with E-state index in [2.05, 4.69) is 28.9 Å². The number of anilines is 1. The van der Waals surface area contributed by atoms with Crippen LogP contribution < -0.4 is 23.8 Å². The summed E-state index contributed by atoms with van der Waals surface area (Å²) in [7, 11) is 0. The first-order valence-electron chi connectivity index (χ1n) is 14.6. The van der Waals surface area contributed by atoms with Crippen molar-refractivity contribution in [3.05, 3.63) is 101 Å². The summed E-state index contributed by atoms with van der Waals surface area (Å²) in [4.78, 5) is 28.8. The minimum absolute atomic E-state index is 0.104. The molecule has 46 heavy (non-hydrogen) atoms. The summed E-state index contributed by atoms with van der Waals surface area (Å²) in [6.45, 7) is 8.95. The number of rotatable bonds is 11. The quantitative estimate of drug-likeness (QED) is 0.0478. The summed E-state index contributed by atoms with van der Waals surface area (Å²) in [6.07, 6.45) is 1.62. The standard InChI is InChI=1S/C34H31N3O7S2/c1-4-14-42-24-12-10-22(17-26(24)41-5-2)29-28(30(38)23-11-13-25-27(18-23)44-16-15-43-25)31(39)32(40)37(29)33-35-36-34(46-33)45-19-21-8-6-20(3)7-9-21/h4,6-13,17-18,29,38H,1,5,14-16,19H2,2-3H3/b30-28+/t29-/m1/s1. The molecule has 1 atom stereocenters. The van der Waals surface area contributed by atoms with Gasteiger partial charge in [0.25, 0.3) is 5.78 Å². The van der Waals surface area contributed by atoms with Gasteiger partial charge in [0.05, 0.1) is 18.2 Å². The van der Waals surface area contributed by atoms with Crippen LogP contribution in [-0.4, -0.2) is 53.4 Å². The molecule has 1 N–H and O–H groups in total. The van der Waals surface area contributed by atoms with Gasteiger partial charge in [0, 0.05) is 11.3 Å². The molecule has 2 aliphatic heterocycles. The Morgan fingerprint density at radius 2 is 1.83 bits per heavy atom. The van der Waals surface area contributed by atoms with Crippen molar-refractivity contribution in [2.45, 2.75) is 30.0 Å². The van der Waals surface area contributed by atoms with Crippen LogP contribution in [-0.2, 0) is 15.3 Å². The molecule has 12 heteroatoms. The van der Waals surface area contributed by atoms with Crippen molar-refractivity contribution in [3.8, 4) is 23.0 Å². The van der Waals surface area contributed by atoms with Crippen LogP contribution in [0.4, 0.5) is 5.13 Å². The lowest BCUT2D eigenvalue weighted by atomic mass is 9.95. The maximum absolute atomic E-state index is 13.8. The smallest absolute Gasteiger partial charge is 0.301 e. The second kappa shape index (κ2) is 13.7. The number of carbonyl (C=O) groups is 2. The van der Waals surface area contributed by atoms with E-state index in [1.54, 1.807) is 42.5 Å². The topological polar surface area (TPSA) is 120 Å². The maximum atomic E-state index is 13.8. The molecule has 2 aliphatic rings. The Kier molecular flexibility index (Phi) is 9.27. The third-order valence-electron chi connectivity index (χ3n) is 7.28. The van der Waals surface area contributed by atoms with Crippen LogP contribution in [0.2, 0.25) is 0 Å². The van der Waals surface area contributed by atoms with Gasteiger partial charge < -0.3 is 24.1 Å². The van der Waals surface area contributed by atoms with Gasteiger partial charge in [0.2, 0.25) is 5.13 Å². The Hall–Kier alpha value is -4.81. The van der Waals surface area contributed by atoms with Crippen molar-refractivity contribution in [1.29, 1.82) is 0 Å². The van der Waals surface area contributed by atoms with Crippen molar-refractivity contribution in [1.82, 2.24) is 10.2 Å². The number of ether oxygens (including phenoxy) is 4. The number of aliphatic hydroxyl groups is 1. The predicted octanol–water partition coefficient (Wildman–Crippen LogP) is 6.50. The van der Waals surface area contributed by atoms with Crippen LogP contribution in [0.3, 0.4) is 0 Å². The summed E-state index contributed by atoms with van der Waals surface area (Å²) in [5, 5.41) is 20.5. The number of thioether (sulfide) groups is 1. The van der Waals surface area contributed by atoms with E-state index < -0.39 is 17.7 Å². The molecular formula is C34H31N3O7S2. The molecule has 0 spiro atoms. The van der Waals surface area contributed by atoms with Crippen LogP contribution in [0.15, 0.2) is 83.2 Å². The SMILES string of the molecule is C=CCOc1ccc([C@@H]2/C(=C(\O)c3ccc4c(c3)OCCO4)C(=O)C(=O)N2c2nnc(SCc3ccc(C)cc3)s2)cc1OCC. The van der Waals surface area contributed by atoms with Crippen LogP contribution in [0.25, 0.3) is 5.76 Å². The zero-order valence-electron chi connectivity index (χ0n) is 25.2. The molecule has 1 fully saturated rings. The summed E-state index contributed by atoms with van der Waals surface area (Å²) in [6, 6.07) is 17.2. The van der Waals surface area contributed by atoms with Crippen molar-refractivity contribution in [2.24, 2.45) is 0 Å². The molecule has 0 bridgehead atoms. The molecule has 1 aromatic heterocycles. The van der Waals surface area contributed by atoms with E-state index in [1.807, 2.05) is 26.0 Å². The van der Waals surface area contributed by atoms with Gasteiger partial charge in [0.15, 0.2) is 27.3 Å². The van der Waals surface area contributed by atoms with Crippen molar-refractivity contribution in [3.63, 3.8) is 0 Å². The molecule has 0 radical (unpaired) electrons. The van der Waals surface area contributed by atoms with Gasteiger partial charge in [-0.1, -0.05) is 71.6 Å². The number of carbonyl (C=O) groups excluding carboxylic acids is 2. The van der Waals surface area contributed by atoms with Gasteiger partial charge in [-0.3, -0.25) is 14.5 Å². The Morgan fingerprint density at radius 3 is 2.59 bits per heavy atom. The van der Waals surface area contributed by atoms with Crippen LogP contribution in [0.5, 0.6) is 23.0 Å². The maximum Gasteiger partial charge on any atom is 0.301 e. The molecule has 0 saturated carbocycles. The van der Waals surface area contributed by atoms with Gasteiger partial charge in [0.1, 0.15) is 25.6 Å². The number of ketones is 1. The zero-order chi connectivity index (χ0) is 32.2. The second-order valence-corrected chi connectivity index (χ2v) is 12.6. The van der Waals surface area contributed by atoms with E-state index in [1.165, 1.54) is 33.6 Å². The fourth-order valence-electron chi connectivity index (χ4n) is 5.11. The van der Waals surface area contributed by atoms with Crippen LogP contribution in [0, 0.1) is 6.92 Å². The van der Waals surface area contributed by atoms with E-state index in [9.17, 15) is 14.7 Å². The molecule has 4 aromatic rings. The lowest BCUT2D eigenvalue weighted by Crippen LogP contribution is -2.29. The average molecular weight is 658 g/mol. The Morgan fingerprint density at radius 1 is 1.04 bits per heavy atom. The van der Waals surface area contributed by atoms with Gasteiger partial charge >= 0.3 is 5.91 Å². The number of aromatic nitrogens is 2. The third kappa shape index (κ3) is 6.31. The number of hydrogen-bond donors (Lipinski definition) is 1. The van der Waals surface area contributed by atoms with Crippen molar-refractivity contribution < 1.29 is 33.6 Å². The van der Waals surface area contributed by atoms with E-state index in [0.29, 0.717) is 64.0 Å². The molecule has 10 nitrogen and oxygen atoms in total. The van der Waals surface area contributed by atoms with Crippen molar-refractivity contribution in [2.75, 3.05) is 31.3 Å². The van der Waals surface area contributed by atoms with Gasteiger partial charge in [-0.05, 0) is 55.3 Å². The number of amides is 1. The zero-order valence-corrected chi connectivity index (χ0v) is 26.9. The average Bonchev–Trinajstić information content (AvgIpc) is 3.65. The molecule has 0 aliphatic carbocycles. The first-order valence-corrected chi connectivity index (χ1v) is 16.4. The number of fused-ring (bicyclic) bond motifs is 1. The fourth-order valence-corrected chi connectivity index (χ4v) is 6.93. The fraction of sp³-hybridized carbons (Fsp3) is 0.235. The number of aryl methyl sites for hydroxylation is 1. The van der Waals surface area contributed by atoms with E-state index in [0.717, 1.165) is 5.56 Å². The van der Waals surface area contributed by atoms with Gasteiger partial charge in [-0.25, -0.2) is 0 Å². The molecule has 1 saturated heterocycles. The third-order valence-corrected chi connectivity index (χ3v) is 9.41. The Labute approximate surface area is 274 Å². The molecule has 1 amide bonds. The number of aliphatic hydroxyl groups excluding tert-OH is 1. The minimum Gasteiger partial charge on any atom is -0.507 e. The first kappa shape index (κ1) is 31.2. The highest BCUT2D eigenvalue weighted by atomic mass is 32.2. The Bertz CT molecular complexity index is 1820. The summed E-state index contributed by atoms with van der Waals surface area (Å²) >= 11 is 2.68. The normalized spacial score (nSPS) is 16.8. The first-order chi connectivity index (χ1) is 22.4. The Balaban J connectivity index is 1.42. The molecule has 3 heterocycles. The minimum atomic E-state index is -1.04. The van der Waals surface area contributed by atoms with Crippen molar-refractivity contribution >= 4 is 45.7 Å². The number of nitrogens with zero attached hydrogens (tertiary/aromatic N) is 3. The highest BCUT2D eigenvalue weighted by Gasteiger charge is 2.48. The molecule has 236 valence electrons. The summed E-state index contributed by atoms with van der Waals surface area (Å²) in [5.74, 6) is 0.463. The highest BCUT2D eigenvalue weighted by Crippen LogP contribution is 2.46. The summed E-state index contributed by atoms with van der Waals surface area (Å²) < 4.78 is 23.6. The van der Waals surface area contributed by atoms with Gasteiger partial charge in [-0.15, -0.1) is 10.2 Å². The number of benzene rings is 3. The molecular weight excluding hydrogens is 627 g/mol. The molecule has 3 aromatic carbocycles. The summed E-state index contributed by atoms with van der Waals surface area (Å²) in [5.41, 5.74) is 3.00. The monoisotopic (exact) mass is 657 g/mol. The van der Waals surface area contributed by atoms with Gasteiger partial charge in [-0.2, -0.15) is 0 Å². The highest BCUT2D eigenvalue weighted by molar-refractivity contribution is 8.00. The molecule has 0 unspecified atom stereocenters. The van der Waals surface area contributed by atoms with E-state index in [-0.39, 0.29) is 23.1 Å². The largest absolute Gasteiger partial charge is 0.507 e. The second-order valence-electron chi connectivity index (χ2n) is 10.4. The van der Waals surface area contributed by atoms with Crippen LogP contribution in [0.1, 0.15) is 35.2 Å². The number of hydrogen-bond acceptors (Lipinski definition) is 11.